The first-order valence-electron chi connectivity index (χ1n) is 7.93. The summed E-state index contributed by atoms with van der Waals surface area (Å²) in [5.74, 6) is 0.198. The lowest BCUT2D eigenvalue weighted by atomic mass is 10.0. The molecule has 3 heterocycles. The van der Waals surface area contributed by atoms with Gasteiger partial charge in [0.2, 0.25) is 11.9 Å². The van der Waals surface area contributed by atoms with Crippen LogP contribution in [0.5, 0.6) is 5.75 Å². The van der Waals surface area contributed by atoms with E-state index >= 15 is 0 Å². The molecule has 3 aromatic rings. The van der Waals surface area contributed by atoms with Crippen molar-refractivity contribution in [2.24, 2.45) is 0 Å². The first-order valence-corrected chi connectivity index (χ1v) is 7.93. The van der Waals surface area contributed by atoms with Crippen molar-refractivity contribution in [2.45, 2.75) is 13.0 Å². The van der Waals surface area contributed by atoms with Crippen LogP contribution < -0.4 is 15.4 Å². The van der Waals surface area contributed by atoms with Crippen molar-refractivity contribution in [3.05, 3.63) is 41.6 Å². The Hall–Kier alpha value is -3.27. The van der Waals surface area contributed by atoms with Crippen molar-refractivity contribution in [3.63, 3.8) is 0 Å². The van der Waals surface area contributed by atoms with E-state index in [9.17, 15) is 9.18 Å². The number of halogens is 1. The van der Waals surface area contributed by atoms with Crippen LogP contribution >= 0.6 is 0 Å². The summed E-state index contributed by atoms with van der Waals surface area (Å²) in [5, 5.41) is 22.2. The summed E-state index contributed by atoms with van der Waals surface area (Å²) in [7, 11) is 0. The Kier molecular flexibility index (Phi) is 4.09. The Balaban J connectivity index is 1.61. The zero-order valence-corrected chi connectivity index (χ0v) is 13.6. The molecule has 0 saturated heterocycles. The molecule has 10 heteroatoms. The van der Waals surface area contributed by atoms with Crippen molar-refractivity contribution in [1.82, 2.24) is 19.6 Å². The van der Waals surface area contributed by atoms with E-state index in [0.717, 1.165) is 5.56 Å². The second-order valence-electron chi connectivity index (χ2n) is 5.68. The van der Waals surface area contributed by atoms with Crippen LogP contribution in [0.3, 0.4) is 0 Å². The molecule has 3 N–H and O–H groups in total. The number of hydrogen-bond acceptors (Lipinski definition) is 7. The van der Waals surface area contributed by atoms with Gasteiger partial charge in [0.25, 0.3) is 0 Å². The van der Waals surface area contributed by atoms with Crippen molar-refractivity contribution in [1.29, 1.82) is 0 Å². The van der Waals surface area contributed by atoms with Crippen LogP contribution in [0.1, 0.15) is 11.1 Å². The number of nitrogens with one attached hydrogen (secondary N) is 2. The van der Waals surface area contributed by atoms with Gasteiger partial charge in [-0.05, 0) is 12.1 Å². The first kappa shape index (κ1) is 16.2. The second kappa shape index (κ2) is 6.56. The van der Waals surface area contributed by atoms with Gasteiger partial charge in [-0.15, -0.1) is 10.2 Å². The SMILES string of the molecule is O=C(CO)Nc1cnc(NCc2c(F)ccc3c2CCO3)n2cnnc12. The van der Waals surface area contributed by atoms with Crippen molar-refractivity contribution in [2.75, 3.05) is 23.8 Å². The van der Waals surface area contributed by atoms with E-state index in [4.69, 9.17) is 9.84 Å². The molecule has 1 aliphatic heterocycles. The van der Waals surface area contributed by atoms with Crippen LogP contribution in [0.4, 0.5) is 16.0 Å². The summed E-state index contributed by atoms with van der Waals surface area (Å²) in [5.41, 5.74) is 2.05. The van der Waals surface area contributed by atoms with E-state index in [-0.39, 0.29) is 12.4 Å². The van der Waals surface area contributed by atoms with Crippen LogP contribution in [0.2, 0.25) is 0 Å². The Morgan fingerprint density at radius 3 is 3.15 bits per heavy atom. The molecule has 4 rings (SSSR count). The summed E-state index contributed by atoms with van der Waals surface area (Å²) >= 11 is 0. The van der Waals surface area contributed by atoms with Gasteiger partial charge in [0.1, 0.15) is 30.2 Å². The lowest BCUT2D eigenvalue weighted by Crippen LogP contribution is -2.17. The number of fused-ring (bicyclic) bond motifs is 2. The van der Waals surface area contributed by atoms with Gasteiger partial charge in [-0.1, -0.05) is 0 Å². The number of aliphatic hydroxyl groups excluding tert-OH is 1. The predicted molar refractivity (Wildman–Crippen MR) is 89.4 cm³/mol. The van der Waals surface area contributed by atoms with Crippen LogP contribution in [0.15, 0.2) is 24.7 Å². The number of anilines is 2. The van der Waals surface area contributed by atoms with Crippen LogP contribution in [0, 0.1) is 5.82 Å². The summed E-state index contributed by atoms with van der Waals surface area (Å²) in [6, 6.07) is 3.02. The fourth-order valence-electron chi connectivity index (χ4n) is 2.90. The molecule has 1 aliphatic rings. The Labute approximate surface area is 146 Å². The average molecular weight is 358 g/mol. The number of amides is 1. The molecule has 0 saturated carbocycles. The number of hydrogen-bond donors (Lipinski definition) is 3. The highest BCUT2D eigenvalue weighted by molar-refractivity contribution is 5.94. The van der Waals surface area contributed by atoms with E-state index < -0.39 is 12.5 Å². The smallest absolute Gasteiger partial charge is 0.250 e. The van der Waals surface area contributed by atoms with Crippen molar-refractivity contribution < 1.29 is 19.0 Å². The molecule has 0 unspecified atom stereocenters. The minimum atomic E-state index is -0.652. The van der Waals surface area contributed by atoms with Crippen LogP contribution in [0.25, 0.3) is 5.65 Å². The van der Waals surface area contributed by atoms with Gasteiger partial charge < -0.3 is 20.5 Å². The molecule has 0 spiro atoms. The molecule has 0 bridgehead atoms. The Morgan fingerprint density at radius 1 is 1.42 bits per heavy atom. The highest BCUT2D eigenvalue weighted by Gasteiger charge is 2.20. The van der Waals surface area contributed by atoms with E-state index in [1.54, 1.807) is 6.07 Å². The zero-order chi connectivity index (χ0) is 18.1. The number of aromatic nitrogens is 4. The van der Waals surface area contributed by atoms with Gasteiger partial charge in [0.15, 0.2) is 5.65 Å². The third-order valence-corrected chi connectivity index (χ3v) is 4.11. The summed E-state index contributed by atoms with van der Waals surface area (Å²) in [4.78, 5) is 15.6. The molecule has 26 heavy (non-hydrogen) atoms. The molecule has 0 fully saturated rings. The Morgan fingerprint density at radius 2 is 2.31 bits per heavy atom. The topological polar surface area (TPSA) is 114 Å². The minimum absolute atomic E-state index is 0.209. The summed E-state index contributed by atoms with van der Waals surface area (Å²) in [6.45, 7) is 0.0979. The maximum absolute atomic E-state index is 14.2. The minimum Gasteiger partial charge on any atom is -0.493 e. The van der Waals surface area contributed by atoms with Gasteiger partial charge >= 0.3 is 0 Å². The molecular weight excluding hydrogens is 343 g/mol. The summed E-state index contributed by atoms with van der Waals surface area (Å²) < 4.78 is 21.2. The van der Waals surface area contributed by atoms with E-state index in [1.807, 2.05) is 0 Å². The van der Waals surface area contributed by atoms with E-state index in [0.29, 0.717) is 41.6 Å². The number of carbonyl (C=O) groups is 1. The maximum atomic E-state index is 14.2. The predicted octanol–water partition coefficient (Wildman–Crippen LogP) is 0.741. The first-order chi connectivity index (χ1) is 12.7. The van der Waals surface area contributed by atoms with Crippen molar-refractivity contribution in [3.8, 4) is 5.75 Å². The lowest BCUT2D eigenvalue weighted by Gasteiger charge is -2.12. The molecule has 0 atom stereocenters. The number of ether oxygens (including phenoxy) is 1. The average Bonchev–Trinajstić information content (AvgIpc) is 3.31. The van der Waals surface area contributed by atoms with Gasteiger partial charge in [0, 0.05) is 24.1 Å². The lowest BCUT2D eigenvalue weighted by molar-refractivity contribution is -0.118. The monoisotopic (exact) mass is 358 g/mol. The second-order valence-corrected chi connectivity index (χ2v) is 5.68. The summed E-state index contributed by atoms with van der Waals surface area (Å²) in [6.07, 6.45) is 3.48. The van der Waals surface area contributed by atoms with Gasteiger partial charge in [-0.25, -0.2) is 13.8 Å². The highest BCUT2D eigenvalue weighted by atomic mass is 19.1. The molecule has 0 aliphatic carbocycles. The number of nitrogens with zero attached hydrogens (tertiary/aromatic N) is 4. The normalized spacial score (nSPS) is 12.7. The zero-order valence-electron chi connectivity index (χ0n) is 13.6. The Bertz CT molecular complexity index is 990. The maximum Gasteiger partial charge on any atom is 0.250 e. The van der Waals surface area contributed by atoms with Crippen LogP contribution in [-0.2, 0) is 17.8 Å². The number of benzene rings is 1. The molecule has 1 amide bonds. The van der Waals surface area contributed by atoms with E-state index in [2.05, 4.69) is 25.8 Å². The molecule has 9 nitrogen and oxygen atoms in total. The number of rotatable bonds is 5. The largest absolute Gasteiger partial charge is 0.493 e. The molecule has 0 radical (unpaired) electrons. The van der Waals surface area contributed by atoms with Gasteiger partial charge in [-0.3, -0.25) is 4.79 Å². The molecular formula is C16H15FN6O3. The molecule has 134 valence electrons. The molecule has 1 aromatic carbocycles. The fourth-order valence-corrected chi connectivity index (χ4v) is 2.90. The van der Waals surface area contributed by atoms with Crippen molar-refractivity contribution >= 4 is 23.2 Å². The molecule has 2 aromatic heterocycles. The highest BCUT2D eigenvalue weighted by Crippen LogP contribution is 2.30. The standard InChI is InChI=1S/C16H15FN6O3/c17-11-1-2-13-9(3-4-26-13)10(11)5-18-16-19-6-12(21-14(25)7-24)15-22-20-8-23(15)16/h1-2,6,8,24H,3-5,7H2,(H,18,19)(H,21,25). The quantitative estimate of drug-likeness (QED) is 0.616. The third-order valence-electron chi connectivity index (χ3n) is 4.11. The van der Waals surface area contributed by atoms with Crippen LogP contribution in [-0.4, -0.2) is 43.8 Å². The van der Waals surface area contributed by atoms with E-state index in [1.165, 1.54) is 23.0 Å². The van der Waals surface area contributed by atoms with Gasteiger partial charge in [-0.2, -0.15) is 0 Å². The number of aliphatic hydroxyl groups is 1. The fraction of sp³-hybridized carbons (Fsp3) is 0.250. The number of carbonyl (C=O) groups excluding carboxylic acids is 1. The third kappa shape index (κ3) is 2.80. The van der Waals surface area contributed by atoms with Gasteiger partial charge in [0.05, 0.1) is 12.8 Å².